The van der Waals surface area contributed by atoms with Gasteiger partial charge in [0.25, 0.3) is 0 Å². The molecule has 0 aromatic heterocycles. The zero-order chi connectivity index (χ0) is 20.7. The molecule has 30 heavy (non-hydrogen) atoms. The lowest BCUT2D eigenvalue weighted by atomic mass is 9.54. The van der Waals surface area contributed by atoms with Gasteiger partial charge in [-0.2, -0.15) is 0 Å². The van der Waals surface area contributed by atoms with Gasteiger partial charge < -0.3 is 14.8 Å². The van der Waals surface area contributed by atoms with Crippen molar-refractivity contribution in [1.82, 2.24) is 5.32 Å². The van der Waals surface area contributed by atoms with Gasteiger partial charge in [0.05, 0.1) is 12.1 Å². The maximum Gasteiger partial charge on any atom is 0.180 e. The summed E-state index contributed by atoms with van der Waals surface area (Å²) < 4.78 is 24.6. The van der Waals surface area contributed by atoms with Gasteiger partial charge in [0.2, 0.25) is 0 Å². The highest BCUT2D eigenvalue weighted by Crippen LogP contribution is 2.53. The molecular formula is C25H29ClFNO2. The first-order chi connectivity index (χ1) is 14.6. The third-order valence-electron chi connectivity index (χ3n) is 7.35. The monoisotopic (exact) mass is 429 g/mol. The summed E-state index contributed by atoms with van der Waals surface area (Å²) in [7, 11) is 1.63. The molecule has 0 amide bonds. The van der Waals surface area contributed by atoms with Gasteiger partial charge >= 0.3 is 0 Å². The van der Waals surface area contributed by atoms with Crippen LogP contribution in [0, 0.1) is 29.5 Å². The van der Waals surface area contributed by atoms with Gasteiger partial charge in [-0.05, 0) is 91.2 Å². The Morgan fingerprint density at radius 1 is 0.967 bits per heavy atom. The molecule has 2 aromatic rings. The minimum absolute atomic E-state index is 0.259. The van der Waals surface area contributed by atoms with Crippen molar-refractivity contribution >= 4 is 11.6 Å². The van der Waals surface area contributed by atoms with Crippen LogP contribution in [0.5, 0.6) is 11.5 Å². The molecule has 2 aromatic carbocycles. The van der Waals surface area contributed by atoms with Crippen molar-refractivity contribution in [3.63, 3.8) is 0 Å². The van der Waals surface area contributed by atoms with Crippen LogP contribution in [-0.2, 0) is 13.2 Å². The molecule has 0 spiro atoms. The SMILES string of the molecule is COc1cc(CNC2C3CC4CC(C3)CC2C4)cc(Cl)c1OCc1ccc(F)cc1. The van der Waals surface area contributed by atoms with Crippen molar-refractivity contribution in [2.45, 2.75) is 51.3 Å². The smallest absolute Gasteiger partial charge is 0.180 e. The lowest BCUT2D eigenvalue weighted by molar-refractivity contribution is -0.0142. The maximum atomic E-state index is 13.1. The van der Waals surface area contributed by atoms with Crippen molar-refractivity contribution in [2.75, 3.05) is 7.11 Å². The van der Waals surface area contributed by atoms with E-state index in [2.05, 4.69) is 5.32 Å². The molecule has 4 fully saturated rings. The second-order valence-corrected chi connectivity index (χ2v) is 9.77. The van der Waals surface area contributed by atoms with Gasteiger partial charge in [-0.3, -0.25) is 0 Å². The largest absolute Gasteiger partial charge is 0.493 e. The van der Waals surface area contributed by atoms with Gasteiger partial charge in [-0.15, -0.1) is 0 Å². The number of benzene rings is 2. The van der Waals surface area contributed by atoms with Gasteiger partial charge in [0.15, 0.2) is 11.5 Å². The highest BCUT2D eigenvalue weighted by molar-refractivity contribution is 6.32. The summed E-state index contributed by atoms with van der Waals surface area (Å²) in [5.74, 6) is 4.56. The number of ether oxygens (including phenoxy) is 2. The zero-order valence-electron chi connectivity index (χ0n) is 17.4. The fraction of sp³-hybridized carbons (Fsp3) is 0.520. The van der Waals surface area contributed by atoms with E-state index in [-0.39, 0.29) is 5.82 Å². The first kappa shape index (κ1) is 20.1. The average Bonchev–Trinajstić information content (AvgIpc) is 2.73. The average molecular weight is 430 g/mol. The molecule has 5 heteroatoms. The lowest BCUT2D eigenvalue weighted by Crippen LogP contribution is -2.54. The van der Waals surface area contributed by atoms with Crippen LogP contribution in [0.25, 0.3) is 0 Å². The molecule has 1 N–H and O–H groups in total. The minimum atomic E-state index is -0.259. The normalized spacial score (nSPS) is 29.2. The van der Waals surface area contributed by atoms with E-state index in [0.29, 0.717) is 29.2 Å². The van der Waals surface area contributed by atoms with Crippen molar-refractivity contribution in [3.05, 3.63) is 58.4 Å². The highest BCUT2D eigenvalue weighted by atomic mass is 35.5. The molecule has 6 rings (SSSR count). The van der Waals surface area contributed by atoms with Crippen molar-refractivity contribution in [1.29, 1.82) is 0 Å². The molecule has 0 heterocycles. The predicted molar refractivity (Wildman–Crippen MR) is 116 cm³/mol. The molecule has 0 unspecified atom stereocenters. The van der Waals surface area contributed by atoms with Crippen LogP contribution in [0.15, 0.2) is 36.4 Å². The third kappa shape index (κ3) is 4.04. The number of hydrogen-bond acceptors (Lipinski definition) is 3. The summed E-state index contributed by atoms with van der Waals surface area (Å²) >= 11 is 6.55. The molecule has 0 saturated heterocycles. The van der Waals surface area contributed by atoms with Crippen LogP contribution >= 0.6 is 11.6 Å². The third-order valence-corrected chi connectivity index (χ3v) is 7.64. The Morgan fingerprint density at radius 3 is 2.27 bits per heavy atom. The Morgan fingerprint density at radius 2 is 1.63 bits per heavy atom. The molecule has 0 atom stereocenters. The van der Waals surface area contributed by atoms with E-state index in [9.17, 15) is 4.39 Å². The van der Waals surface area contributed by atoms with Crippen LogP contribution in [0.2, 0.25) is 5.02 Å². The van der Waals surface area contributed by atoms with E-state index in [4.69, 9.17) is 21.1 Å². The summed E-state index contributed by atoms with van der Waals surface area (Å²) in [6, 6.07) is 10.9. The highest BCUT2D eigenvalue weighted by Gasteiger charge is 2.47. The minimum Gasteiger partial charge on any atom is -0.493 e. The van der Waals surface area contributed by atoms with Gasteiger partial charge in [-0.1, -0.05) is 23.7 Å². The molecule has 4 saturated carbocycles. The number of nitrogens with one attached hydrogen (secondary N) is 1. The molecule has 160 valence electrons. The Hall–Kier alpha value is -1.78. The fourth-order valence-corrected chi connectivity index (χ4v) is 6.53. The molecule has 3 nitrogen and oxygen atoms in total. The first-order valence-electron chi connectivity index (χ1n) is 11.1. The van der Waals surface area contributed by atoms with E-state index in [1.165, 1.54) is 44.2 Å². The molecular weight excluding hydrogens is 401 g/mol. The van der Waals surface area contributed by atoms with Gasteiger partial charge in [0.1, 0.15) is 12.4 Å². The first-order valence-corrected chi connectivity index (χ1v) is 11.4. The summed E-state index contributed by atoms with van der Waals surface area (Å²) in [6.45, 7) is 1.10. The van der Waals surface area contributed by atoms with Crippen LogP contribution in [0.3, 0.4) is 0 Å². The van der Waals surface area contributed by atoms with Crippen molar-refractivity contribution in [2.24, 2.45) is 23.7 Å². The zero-order valence-corrected chi connectivity index (χ0v) is 18.1. The number of hydrogen-bond donors (Lipinski definition) is 1. The van der Waals surface area contributed by atoms with E-state index in [0.717, 1.165) is 41.3 Å². The van der Waals surface area contributed by atoms with Gasteiger partial charge in [0, 0.05) is 12.6 Å². The van der Waals surface area contributed by atoms with Crippen LogP contribution in [0.4, 0.5) is 4.39 Å². The fourth-order valence-electron chi connectivity index (χ4n) is 6.25. The summed E-state index contributed by atoms with van der Waals surface area (Å²) in [6.07, 6.45) is 7.11. The van der Waals surface area contributed by atoms with E-state index in [1.54, 1.807) is 19.2 Å². The van der Waals surface area contributed by atoms with E-state index in [1.807, 2.05) is 12.1 Å². The predicted octanol–water partition coefficient (Wildman–Crippen LogP) is 5.98. The van der Waals surface area contributed by atoms with Crippen LogP contribution in [-0.4, -0.2) is 13.2 Å². The molecule has 4 bridgehead atoms. The Labute approximate surface area is 182 Å². The summed E-state index contributed by atoms with van der Waals surface area (Å²) in [4.78, 5) is 0. The molecule has 4 aliphatic rings. The Balaban J connectivity index is 1.25. The van der Waals surface area contributed by atoms with E-state index < -0.39 is 0 Å². The quantitative estimate of drug-likeness (QED) is 0.587. The summed E-state index contributed by atoms with van der Waals surface area (Å²) in [5.41, 5.74) is 1.99. The second kappa shape index (κ2) is 8.39. The van der Waals surface area contributed by atoms with Crippen LogP contribution in [0.1, 0.15) is 43.2 Å². The standard InChI is InChI=1S/C25H29ClFNO2/c1-29-23-12-18(11-22(26)25(23)30-14-15-2-4-21(27)5-3-15)13-28-24-19-7-16-6-17(9-19)10-20(24)8-16/h2-5,11-12,16-17,19-20,24,28H,6-10,13-14H2,1H3. The number of methoxy groups -OCH3 is 1. The van der Waals surface area contributed by atoms with Crippen molar-refractivity contribution in [3.8, 4) is 11.5 Å². The lowest BCUT2D eigenvalue weighted by Gasteiger charge is -2.54. The number of halogens is 2. The Bertz CT molecular complexity index is 873. The molecule has 4 aliphatic carbocycles. The van der Waals surface area contributed by atoms with Gasteiger partial charge in [-0.25, -0.2) is 4.39 Å². The topological polar surface area (TPSA) is 30.5 Å². The summed E-state index contributed by atoms with van der Waals surface area (Å²) in [5, 5.41) is 4.39. The second-order valence-electron chi connectivity index (χ2n) is 9.36. The Kier molecular flexibility index (Phi) is 5.63. The van der Waals surface area contributed by atoms with Crippen LogP contribution < -0.4 is 14.8 Å². The van der Waals surface area contributed by atoms with E-state index >= 15 is 0 Å². The maximum absolute atomic E-state index is 13.1. The molecule has 0 aliphatic heterocycles. The van der Waals surface area contributed by atoms with Crippen molar-refractivity contribution < 1.29 is 13.9 Å². The molecule has 0 radical (unpaired) electrons. The number of rotatable bonds is 7.